The number of amides is 1. The molecule has 0 saturated carbocycles. The second kappa shape index (κ2) is 7.10. The van der Waals surface area contributed by atoms with Crippen LogP contribution in [0.25, 0.3) is 0 Å². The summed E-state index contributed by atoms with van der Waals surface area (Å²) in [7, 11) is 0. The summed E-state index contributed by atoms with van der Waals surface area (Å²) < 4.78 is 0. The van der Waals surface area contributed by atoms with Crippen LogP contribution in [0.3, 0.4) is 0 Å². The van der Waals surface area contributed by atoms with Gasteiger partial charge in [-0.3, -0.25) is 14.9 Å². The Balaban J connectivity index is 2.95. The summed E-state index contributed by atoms with van der Waals surface area (Å²) in [4.78, 5) is 23.2. The maximum absolute atomic E-state index is 12.0. The highest BCUT2D eigenvalue weighted by atomic mass is 32.2. The standard InChI is InChI=1S/C12H17N3O3S/c1-8(6-13)7-14-12(16)10-5-9(19-2)3-4-11(10)15(17)18/h3-5,8H,6-7,13H2,1-2H3,(H,14,16). The van der Waals surface area contributed by atoms with Crippen molar-refractivity contribution in [3.63, 3.8) is 0 Å². The van der Waals surface area contributed by atoms with Crippen molar-refractivity contribution in [2.45, 2.75) is 11.8 Å². The minimum Gasteiger partial charge on any atom is -0.352 e. The highest BCUT2D eigenvalue weighted by Crippen LogP contribution is 2.24. The van der Waals surface area contributed by atoms with Gasteiger partial charge in [0, 0.05) is 17.5 Å². The number of nitrogens with one attached hydrogen (secondary N) is 1. The van der Waals surface area contributed by atoms with Gasteiger partial charge in [0.2, 0.25) is 0 Å². The first-order valence-corrected chi connectivity index (χ1v) is 7.02. The summed E-state index contributed by atoms with van der Waals surface area (Å²) in [5.41, 5.74) is 5.36. The lowest BCUT2D eigenvalue weighted by molar-refractivity contribution is -0.385. The fraction of sp³-hybridized carbons (Fsp3) is 0.417. The predicted octanol–water partition coefficient (Wildman–Crippen LogP) is 1.64. The van der Waals surface area contributed by atoms with Crippen molar-refractivity contribution in [2.24, 2.45) is 11.7 Å². The molecule has 0 aliphatic rings. The minimum absolute atomic E-state index is 0.0843. The Labute approximate surface area is 115 Å². The van der Waals surface area contributed by atoms with Gasteiger partial charge in [-0.2, -0.15) is 0 Å². The van der Waals surface area contributed by atoms with E-state index in [-0.39, 0.29) is 17.2 Å². The zero-order chi connectivity index (χ0) is 14.4. The van der Waals surface area contributed by atoms with E-state index >= 15 is 0 Å². The van der Waals surface area contributed by atoms with Gasteiger partial charge in [-0.1, -0.05) is 6.92 Å². The SMILES string of the molecule is CSc1ccc([N+](=O)[O-])c(C(=O)NCC(C)CN)c1. The van der Waals surface area contributed by atoms with Gasteiger partial charge >= 0.3 is 0 Å². The number of hydrogen-bond acceptors (Lipinski definition) is 5. The molecule has 6 nitrogen and oxygen atoms in total. The maximum atomic E-state index is 12.0. The summed E-state index contributed by atoms with van der Waals surface area (Å²) >= 11 is 1.43. The third-order valence-electron chi connectivity index (χ3n) is 2.66. The van der Waals surface area contributed by atoms with Crippen molar-refractivity contribution in [1.82, 2.24) is 5.32 Å². The number of nitrogens with two attached hydrogens (primary N) is 1. The molecule has 7 heteroatoms. The Morgan fingerprint density at radius 3 is 2.79 bits per heavy atom. The molecule has 1 aromatic carbocycles. The average molecular weight is 283 g/mol. The smallest absolute Gasteiger partial charge is 0.282 e. The average Bonchev–Trinajstić information content (AvgIpc) is 2.43. The highest BCUT2D eigenvalue weighted by Gasteiger charge is 2.20. The lowest BCUT2D eigenvalue weighted by Crippen LogP contribution is -2.31. The van der Waals surface area contributed by atoms with E-state index in [0.29, 0.717) is 13.1 Å². The largest absolute Gasteiger partial charge is 0.352 e. The molecule has 0 saturated heterocycles. The Hall–Kier alpha value is -1.60. The van der Waals surface area contributed by atoms with E-state index in [1.165, 1.54) is 23.9 Å². The molecule has 0 fully saturated rings. The monoisotopic (exact) mass is 283 g/mol. The maximum Gasteiger partial charge on any atom is 0.282 e. The topological polar surface area (TPSA) is 98.3 Å². The molecule has 1 amide bonds. The Morgan fingerprint density at radius 1 is 1.58 bits per heavy atom. The first-order chi connectivity index (χ1) is 8.99. The van der Waals surface area contributed by atoms with E-state index in [1.807, 2.05) is 13.2 Å². The molecule has 0 aliphatic heterocycles. The fourth-order valence-corrected chi connectivity index (χ4v) is 1.87. The molecule has 0 spiro atoms. The third-order valence-corrected chi connectivity index (χ3v) is 3.38. The third kappa shape index (κ3) is 4.22. The van der Waals surface area contributed by atoms with Crippen molar-refractivity contribution in [2.75, 3.05) is 19.3 Å². The number of nitrogens with zero attached hydrogens (tertiary/aromatic N) is 1. The van der Waals surface area contributed by atoms with Gasteiger partial charge in [-0.25, -0.2) is 0 Å². The van der Waals surface area contributed by atoms with Crippen molar-refractivity contribution < 1.29 is 9.72 Å². The van der Waals surface area contributed by atoms with E-state index in [9.17, 15) is 14.9 Å². The van der Waals surface area contributed by atoms with Crippen LogP contribution in [0.5, 0.6) is 0 Å². The van der Waals surface area contributed by atoms with Gasteiger partial charge in [-0.15, -0.1) is 11.8 Å². The van der Waals surface area contributed by atoms with Crippen LogP contribution in [0.15, 0.2) is 23.1 Å². The molecule has 0 aliphatic carbocycles. The van der Waals surface area contributed by atoms with E-state index in [4.69, 9.17) is 5.73 Å². The number of thioether (sulfide) groups is 1. The first-order valence-electron chi connectivity index (χ1n) is 5.80. The van der Waals surface area contributed by atoms with Gasteiger partial charge in [0.05, 0.1) is 4.92 Å². The lowest BCUT2D eigenvalue weighted by atomic mass is 10.1. The zero-order valence-electron chi connectivity index (χ0n) is 10.9. The van der Waals surface area contributed by atoms with Crippen molar-refractivity contribution >= 4 is 23.4 Å². The molecule has 19 heavy (non-hydrogen) atoms. The van der Waals surface area contributed by atoms with Crippen LogP contribution >= 0.6 is 11.8 Å². The van der Waals surface area contributed by atoms with Crippen LogP contribution < -0.4 is 11.1 Å². The number of nitro benzene ring substituents is 1. The van der Waals surface area contributed by atoms with Gasteiger partial charge in [-0.05, 0) is 30.9 Å². The normalized spacial score (nSPS) is 11.9. The summed E-state index contributed by atoms with van der Waals surface area (Å²) in [6, 6.07) is 4.51. The molecule has 0 aromatic heterocycles. The van der Waals surface area contributed by atoms with E-state index < -0.39 is 10.8 Å². The zero-order valence-corrected chi connectivity index (χ0v) is 11.7. The number of carbonyl (C=O) groups is 1. The molecule has 1 atom stereocenters. The summed E-state index contributed by atoms with van der Waals surface area (Å²) in [6.45, 7) is 2.75. The van der Waals surface area contributed by atoms with Gasteiger partial charge < -0.3 is 11.1 Å². The lowest BCUT2D eigenvalue weighted by Gasteiger charge is -2.10. The quantitative estimate of drug-likeness (QED) is 0.470. The molecule has 0 radical (unpaired) electrons. The summed E-state index contributed by atoms with van der Waals surface area (Å²) in [6.07, 6.45) is 1.85. The molecule has 1 rings (SSSR count). The Bertz CT molecular complexity index is 479. The number of carbonyl (C=O) groups excluding carboxylic acids is 1. The molecule has 1 unspecified atom stereocenters. The van der Waals surface area contributed by atoms with Crippen LogP contribution in [0.4, 0.5) is 5.69 Å². The molecular formula is C12H17N3O3S. The van der Waals surface area contributed by atoms with Crippen LogP contribution in [-0.2, 0) is 0 Å². The van der Waals surface area contributed by atoms with Crippen molar-refractivity contribution in [3.8, 4) is 0 Å². The van der Waals surface area contributed by atoms with E-state index in [0.717, 1.165) is 4.90 Å². The summed E-state index contributed by atoms with van der Waals surface area (Å²) in [5, 5.41) is 13.6. The minimum atomic E-state index is -0.550. The van der Waals surface area contributed by atoms with Crippen LogP contribution in [0.1, 0.15) is 17.3 Å². The van der Waals surface area contributed by atoms with Gasteiger partial charge in [0.25, 0.3) is 11.6 Å². The van der Waals surface area contributed by atoms with Crippen LogP contribution in [0, 0.1) is 16.0 Å². The van der Waals surface area contributed by atoms with E-state index in [1.54, 1.807) is 6.07 Å². The van der Waals surface area contributed by atoms with Crippen molar-refractivity contribution in [1.29, 1.82) is 0 Å². The van der Waals surface area contributed by atoms with Crippen LogP contribution in [-0.4, -0.2) is 30.2 Å². The first kappa shape index (κ1) is 15.5. The molecule has 3 N–H and O–H groups in total. The van der Waals surface area contributed by atoms with E-state index in [2.05, 4.69) is 5.32 Å². The molecule has 0 heterocycles. The highest BCUT2D eigenvalue weighted by molar-refractivity contribution is 7.98. The molecule has 104 valence electrons. The second-order valence-corrected chi connectivity index (χ2v) is 5.07. The van der Waals surface area contributed by atoms with Gasteiger partial charge in [0.15, 0.2) is 0 Å². The second-order valence-electron chi connectivity index (χ2n) is 4.19. The number of hydrogen-bond donors (Lipinski definition) is 2. The fourth-order valence-electron chi connectivity index (χ4n) is 1.43. The Kier molecular flexibility index (Phi) is 5.78. The number of nitro groups is 1. The van der Waals surface area contributed by atoms with Crippen LogP contribution in [0.2, 0.25) is 0 Å². The molecular weight excluding hydrogens is 266 g/mol. The number of rotatable bonds is 6. The number of benzene rings is 1. The molecule has 0 bridgehead atoms. The summed E-state index contributed by atoms with van der Waals surface area (Å²) in [5.74, 6) is -0.311. The van der Waals surface area contributed by atoms with Crippen molar-refractivity contribution in [3.05, 3.63) is 33.9 Å². The predicted molar refractivity (Wildman–Crippen MR) is 75.4 cm³/mol. The Morgan fingerprint density at radius 2 is 2.26 bits per heavy atom. The van der Waals surface area contributed by atoms with Gasteiger partial charge in [0.1, 0.15) is 5.56 Å². The molecule has 1 aromatic rings.